The molecule has 1 unspecified atom stereocenters. The largest absolute Gasteiger partial charge is 0.385 e. The molecule has 0 rings (SSSR count). The van der Waals surface area contributed by atoms with Crippen LogP contribution in [0.3, 0.4) is 0 Å². The van der Waals surface area contributed by atoms with E-state index in [9.17, 15) is 0 Å². The zero-order valence-electron chi connectivity index (χ0n) is 9.40. The number of rotatable bonds is 7. The second kappa shape index (κ2) is 6.67. The molecule has 1 nitrogen and oxygen atoms in total. The minimum atomic E-state index is 0.301. The lowest BCUT2D eigenvalue weighted by Gasteiger charge is -2.31. The first-order valence-electron chi connectivity index (χ1n) is 5.11. The second-order valence-electron chi connectivity index (χ2n) is 4.39. The molecule has 0 spiro atoms. The number of halogens is 1. The van der Waals surface area contributed by atoms with E-state index in [2.05, 4.69) is 20.8 Å². The first kappa shape index (κ1) is 13.2. The molecule has 0 fully saturated rings. The lowest BCUT2D eigenvalue weighted by molar-refractivity contribution is 0.175. The predicted molar refractivity (Wildman–Crippen MR) is 59.4 cm³/mol. The molecule has 0 aliphatic rings. The van der Waals surface area contributed by atoms with Gasteiger partial charge in [0, 0.05) is 19.6 Å². The monoisotopic (exact) mass is 206 g/mol. The summed E-state index contributed by atoms with van der Waals surface area (Å²) in [6.45, 7) is 7.64. The van der Waals surface area contributed by atoms with Crippen LogP contribution in [-0.4, -0.2) is 19.6 Å². The van der Waals surface area contributed by atoms with Gasteiger partial charge in [0.15, 0.2) is 0 Å². The maximum Gasteiger partial charge on any atom is 0.0462 e. The van der Waals surface area contributed by atoms with Crippen molar-refractivity contribution < 1.29 is 4.74 Å². The fourth-order valence-electron chi connectivity index (χ4n) is 1.29. The Balaban J connectivity index is 3.71. The summed E-state index contributed by atoms with van der Waals surface area (Å²) in [5, 5.41) is 0. The average molecular weight is 207 g/mol. The van der Waals surface area contributed by atoms with Gasteiger partial charge in [-0.05, 0) is 24.2 Å². The number of methoxy groups -OCH3 is 1. The van der Waals surface area contributed by atoms with Gasteiger partial charge >= 0.3 is 0 Å². The lowest BCUT2D eigenvalue weighted by atomic mass is 9.77. The minimum absolute atomic E-state index is 0.301. The quantitative estimate of drug-likeness (QED) is 0.456. The third kappa shape index (κ3) is 4.87. The van der Waals surface area contributed by atoms with E-state index >= 15 is 0 Å². The summed E-state index contributed by atoms with van der Waals surface area (Å²) >= 11 is 5.99. The van der Waals surface area contributed by atoms with Crippen LogP contribution in [0.2, 0.25) is 0 Å². The van der Waals surface area contributed by atoms with Crippen LogP contribution < -0.4 is 0 Å². The summed E-state index contributed by atoms with van der Waals surface area (Å²) in [7, 11) is 1.75. The fourth-order valence-corrected chi connectivity index (χ4v) is 1.73. The van der Waals surface area contributed by atoms with Gasteiger partial charge in [-0.3, -0.25) is 0 Å². The van der Waals surface area contributed by atoms with E-state index in [-0.39, 0.29) is 0 Å². The summed E-state index contributed by atoms with van der Waals surface area (Å²) in [6.07, 6.45) is 3.57. The van der Waals surface area contributed by atoms with Crippen molar-refractivity contribution in [3.63, 3.8) is 0 Å². The van der Waals surface area contributed by atoms with Crippen LogP contribution in [0, 0.1) is 11.3 Å². The van der Waals surface area contributed by atoms with E-state index in [4.69, 9.17) is 16.3 Å². The highest BCUT2D eigenvalue weighted by atomic mass is 35.5. The molecule has 0 amide bonds. The molecule has 0 aromatic rings. The van der Waals surface area contributed by atoms with E-state index in [0.717, 1.165) is 18.9 Å². The number of unbranched alkanes of at least 4 members (excludes halogenated alkanes) is 1. The van der Waals surface area contributed by atoms with Crippen molar-refractivity contribution in [1.29, 1.82) is 0 Å². The summed E-state index contributed by atoms with van der Waals surface area (Å²) < 4.78 is 5.02. The molecule has 0 heterocycles. The van der Waals surface area contributed by atoms with Crippen LogP contribution in [0.5, 0.6) is 0 Å². The molecule has 0 aliphatic carbocycles. The van der Waals surface area contributed by atoms with Gasteiger partial charge in [0.1, 0.15) is 0 Å². The van der Waals surface area contributed by atoms with Crippen molar-refractivity contribution in [1.82, 2.24) is 0 Å². The Morgan fingerprint density at radius 2 is 1.92 bits per heavy atom. The Morgan fingerprint density at radius 1 is 1.31 bits per heavy atom. The maximum atomic E-state index is 5.99. The van der Waals surface area contributed by atoms with Crippen molar-refractivity contribution in [2.75, 3.05) is 19.6 Å². The molecule has 0 N–H and O–H groups in total. The summed E-state index contributed by atoms with van der Waals surface area (Å²) in [5.74, 6) is 1.42. The van der Waals surface area contributed by atoms with Crippen LogP contribution in [0.4, 0.5) is 0 Å². The highest BCUT2D eigenvalue weighted by molar-refractivity contribution is 6.18. The molecule has 0 aromatic carbocycles. The summed E-state index contributed by atoms with van der Waals surface area (Å²) in [5.41, 5.74) is 0.301. The Labute approximate surface area is 87.8 Å². The molecular formula is C11H23ClO. The fraction of sp³-hybridized carbons (Fsp3) is 1.00. The third-order valence-electron chi connectivity index (χ3n) is 3.05. The van der Waals surface area contributed by atoms with Crippen molar-refractivity contribution in [2.45, 2.75) is 40.0 Å². The van der Waals surface area contributed by atoms with E-state index in [1.165, 1.54) is 12.8 Å². The van der Waals surface area contributed by atoms with Crippen LogP contribution in [0.25, 0.3) is 0 Å². The number of ether oxygens (including phenoxy) is 1. The minimum Gasteiger partial charge on any atom is -0.385 e. The van der Waals surface area contributed by atoms with Gasteiger partial charge in [-0.2, -0.15) is 0 Å². The van der Waals surface area contributed by atoms with Crippen molar-refractivity contribution >= 4 is 11.6 Å². The molecule has 0 saturated heterocycles. The average Bonchev–Trinajstić information content (AvgIpc) is 2.12. The van der Waals surface area contributed by atoms with Gasteiger partial charge in [-0.25, -0.2) is 0 Å². The number of alkyl halides is 1. The Hall–Kier alpha value is 0.250. The first-order chi connectivity index (χ1) is 6.06. The van der Waals surface area contributed by atoms with Crippen LogP contribution >= 0.6 is 11.6 Å². The molecule has 0 saturated carbocycles. The lowest BCUT2D eigenvalue weighted by Crippen LogP contribution is -2.25. The molecule has 0 radical (unpaired) electrons. The SMILES string of the molecule is COCCCCC(C)(CCl)C(C)C. The Bertz CT molecular complexity index is 125. The van der Waals surface area contributed by atoms with Crippen molar-refractivity contribution in [3.8, 4) is 0 Å². The van der Waals surface area contributed by atoms with Crippen LogP contribution in [0.15, 0.2) is 0 Å². The highest BCUT2D eigenvalue weighted by Gasteiger charge is 2.26. The molecule has 0 bridgehead atoms. The Morgan fingerprint density at radius 3 is 2.31 bits per heavy atom. The molecule has 1 atom stereocenters. The summed E-state index contributed by atoms with van der Waals surface area (Å²) in [4.78, 5) is 0. The Kier molecular flexibility index (Phi) is 6.79. The topological polar surface area (TPSA) is 9.23 Å². The van der Waals surface area contributed by atoms with E-state index in [0.29, 0.717) is 11.3 Å². The van der Waals surface area contributed by atoms with Crippen LogP contribution in [-0.2, 0) is 4.74 Å². The maximum absolute atomic E-state index is 5.99. The molecule has 13 heavy (non-hydrogen) atoms. The van der Waals surface area contributed by atoms with E-state index in [1.54, 1.807) is 7.11 Å². The number of hydrogen-bond acceptors (Lipinski definition) is 1. The van der Waals surface area contributed by atoms with Gasteiger partial charge in [0.2, 0.25) is 0 Å². The number of hydrogen-bond donors (Lipinski definition) is 0. The van der Waals surface area contributed by atoms with Gasteiger partial charge < -0.3 is 4.74 Å². The molecular weight excluding hydrogens is 184 g/mol. The first-order valence-corrected chi connectivity index (χ1v) is 5.65. The second-order valence-corrected chi connectivity index (χ2v) is 4.66. The molecule has 80 valence electrons. The van der Waals surface area contributed by atoms with Crippen LogP contribution in [0.1, 0.15) is 40.0 Å². The van der Waals surface area contributed by atoms with Gasteiger partial charge in [-0.15, -0.1) is 11.6 Å². The third-order valence-corrected chi connectivity index (χ3v) is 3.66. The van der Waals surface area contributed by atoms with Gasteiger partial charge in [0.05, 0.1) is 0 Å². The predicted octanol–water partition coefficient (Wildman–Crippen LogP) is 3.70. The van der Waals surface area contributed by atoms with E-state index in [1.807, 2.05) is 0 Å². The van der Waals surface area contributed by atoms with Gasteiger partial charge in [-0.1, -0.05) is 27.2 Å². The highest BCUT2D eigenvalue weighted by Crippen LogP contribution is 2.33. The zero-order valence-corrected chi connectivity index (χ0v) is 10.2. The standard InChI is InChI=1S/C11H23ClO/c1-10(2)11(3,9-12)7-5-6-8-13-4/h10H,5-9H2,1-4H3. The zero-order chi connectivity index (χ0) is 10.3. The van der Waals surface area contributed by atoms with Crippen molar-refractivity contribution in [2.24, 2.45) is 11.3 Å². The van der Waals surface area contributed by atoms with Gasteiger partial charge in [0.25, 0.3) is 0 Å². The van der Waals surface area contributed by atoms with Crippen molar-refractivity contribution in [3.05, 3.63) is 0 Å². The normalized spacial score (nSPS) is 16.2. The van der Waals surface area contributed by atoms with E-state index < -0.39 is 0 Å². The molecule has 0 aromatic heterocycles. The molecule has 0 aliphatic heterocycles. The smallest absolute Gasteiger partial charge is 0.0462 e. The molecule has 2 heteroatoms. The summed E-state index contributed by atoms with van der Waals surface area (Å²) in [6, 6.07) is 0.